The maximum Gasteiger partial charge on any atom is 0.335 e. The van der Waals surface area contributed by atoms with Gasteiger partial charge in [-0.3, -0.25) is 9.78 Å². The van der Waals surface area contributed by atoms with Gasteiger partial charge in [-0.15, -0.1) is 0 Å². The first-order valence-corrected chi connectivity index (χ1v) is 6.01. The molecule has 0 aliphatic heterocycles. The van der Waals surface area contributed by atoms with Crippen molar-refractivity contribution in [1.29, 1.82) is 0 Å². The van der Waals surface area contributed by atoms with Crippen LogP contribution in [-0.2, 0) is 6.54 Å². The smallest absolute Gasteiger partial charge is 0.335 e. The Hall–Kier alpha value is -2.63. The molecule has 0 spiro atoms. The van der Waals surface area contributed by atoms with Crippen LogP contribution in [0.3, 0.4) is 0 Å². The van der Waals surface area contributed by atoms with Crippen molar-refractivity contribution < 1.29 is 19.1 Å². The van der Waals surface area contributed by atoms with Gasteiger partial charge in [0.25, 0.3) is 5.91 Å². The zero-order valence-electron chi connectivity index (χ0n) is 11.1. The third-order valence-corrected chi connectivity index (χ3v) is 2.78. The fraction of sp³-hybridized carbons (Fsp3) is 0.214. The summed E-state index contributed by atoms with van der Waals surface area (Å²) in [5.74, 6) is -0.0888. The lowest BCUT2D eigenvalue weighted by molar-refractivity contribution is 0.0696. The Morgan fingerprint density at radius 1 is 1.35 bits per heavy atom. The first-order valence-electron chi connectivity index (χ1n) is 6.01. The zero-order valence-corrected chi connectivity index (χ0v) is 11.1. The number of aromatic nitrogens is 1. The number of carbonyl (C=O) groups is 2. The van der Waals surface area contributed by atoms with Gasteiger partial charge in [-0.25, -0.2) is 4.79 Å². The number of nitrogens with one attached hydrogen (secondary N) is 1. The van der Waals surface area contributed by atoms with Gasteiger partial charge in [-0.2, -0.15) is 0 Å². The molecule has 2 aromatic rings. The molecule has 0 aliphatic carbocycles. The highest BCUT2D eigenvalue weighted by molar-refractivity contribution is 5.95. The van der Waals surface area contributed by atoms with Crippen LogP contribution in [0.25, 0.3) is 0 Å². The number of amides is 1. The number of carboxylic acid groups (broad SMARTS) is 1. The molecule has 0 saturated carbocycles. The highest BCUT2D eigenvalue weighted by Crippen LogP contribution is 2.13. The van der Waals surface area contributed by atoms with Crippen molar-refractivity contribution in [2.24, 2.45) is 0 Å². The van der Waals surface area contributed by atoms with Crippen LogP contribution < -0.4 is 5.32 Å². The largest absolute Gasteiger partial charge is 0.478 e. The number of hydrogen-bond donors (Lipinski definition) is 2. The topological polar surface area (TPSA) is 92.4 Å². The van der Waals surface area contributed by atoms with Gasteiger partial charge in [0.05, 0.1) is 23.4 Å². The Morgan fingerprint density at radius 3 is 2.70 bits per heavy atom. The molecule has 0 fully saturated rings. The maximum atomic E-state index is 12.0. The summed E-state index contributed by atoms with van der Waals surface area (Å²) in [6.45, 7) is 3.64. The van der Waals surface area contributed by atoms with E-state index in [1.54, 1.807) is 19.9 Å². The van der Waals surface area contributed by atoms with Gasteiger partial charge < -0.3 is 14.8 Å². The monoisotopic (exact) mass is 274 g/mol. The first kappa shape index (κ1) is 13.8. The summed E-state index contributed by atoms with van der Waals surface area (Å²) >= 11 is 0. The van der Waals surface area contributed by atoms with Crippen molar-refractivity contribution in [3.8, 4) is 0 Å². The maximum absolute atomic E-state index is 12.0. The quantitative estimate of drug-likeness (QED) is 0.888. The van der Waals surface area contributed by atoms with Crippen molar-refractivity contribution in [2.45, 2.75) is 20.4 Å². The first-order chi connectivity index (χ1) is 9.47. The molecule has 6 heteroatoms. The summed E-state index contributed by atoms with van der Waals surface area (Å²) < 4.78 is 5.28. The molecule has 6 nitrogen and oxygen atoms in total. The molecule has 0 radical (unpaired) electrons. The number of rotatable bonds is 4. The molecule has 0 atom stereocenters. The molecule has 2 rings (SSSR count). The van der Waals surface area contributed by atoms with Crippen LogP contribution >= 0.6 is 0 Å². The fourth-order valence-electron chi connectivity index (χ4n) is 1.83. The molecule has 0 bridgehead atoms. The minimum absolute atomic E-state index is 0.139. The second-order valence-corrected chi connectivity index (χ2v) is 4.35. The number of aryl methyl sites for hydroxylation is 2. The molecule has 0 saturated heterocycles. The molecule has 20 heavy (non-hydrogen) atoms. The Balaban J connectivity index is 2.05. The molecule has 104 valence electrons. The second kappa shape index (κ2) is 5.56. The van der Waals surface area contributed by atoms with Crippen LogP contribution in [0.1, 0.15) is 37.9 Å². The van der Waals surface area contributed by atoms with E-state index in [1.165, 1.54) is 18.3 Å². The van der Waals surface area contributed by atoms with Gasteiger partial charge in [-0.1, -0.05) is 0 Å². The van der Waals surface area contributed by atoms with E-state index in [1.807, 2.05) is 0 Å². The van der Waals surface area contributed by atoms with Gasteiger partial charge in [0.1, 0.15) is 11.5 Å². The minimum Gasteiger partial charge on any atom is -0.478 e. The normalized spacial score (nSPS) is 10.3. The molecular weight excluding hydrogens is 260 g/mol. The van der Waals surface area contributed by atoms with E-state index in [9.17, 15) is 9.59 Å². The number of aromatic carboxylic acids is 1. The number of nitrogens with zero attached hydrogens (tertiary/aromatic N) is 1. The standard InChI is InChI=1S/C14H14N2O4/c1-8-5-12(9(2)20-8)13(17)16-7-11-6-10(14(18)19)3-4-15-11/h3-6H,7H2,1-2H3,(H,16,17)(H,18,19). The third kappa shape index (κ3) is 3.03. The van der Waals surface area contributed by atoms with E-state index in [-0.39, 0.29) is 18.0 Å². The number of pyridine rings is 1. The SMILES string of the molecule is Cc1cc(C(=O)NCc2cc(C(=O)O)ccn2)c(C)o1. The average Bonchev–Trinajstić information content (AvgIpc) is 2.75. The Kier molecular flexibility index (Phi) is 3.84. The molecule has 2 heterocycles. The van der Waals surface area contributed by atoms with E-state index < -0.39 is 5.97 Å². The summed E-state index contributed by atoms with van der Waals surface area (Å²) in [5.41, 5.74) is 1.09. The van der Waals surface area contributed by atoms with Crippen LogP contribution in [0, 0.1) is 13.8 Å². The Morgan fingerprint density at radius 2 is 2.10 bits per heavy atom. The molecule has 0 aliphatic rings. The van der Waals surface area contributed by atoms with Crippen molar-refractivity contribution >= 4 is 11.9 Å². The Labute approximate surface area is 115 Å². The van der Waals surface area contributed by atoms with Crippen LogP contribution in [0.2, 0.25) is 0 Å². The molecule has 0 unspecified atom stereocenters. The van der Waals surface area contributed by atoms with Gasteiger partial charge in [0.15, 0.2) is 0 Å². The van der Waals surface area contributed by atoms with Crippen molar-refractivity contribution in [1.82, 2.24) is 10.3 Å². The number of hydrogen-bond acceptors (Lipinski definition) is 4. The summed E-state index contributed by atoms with van der Waals surface area (Å²) in [7, 11) is 0. The summed E-state index contributed by atoms with van der Waals surface area (Å²) in [4.78, 5) is 26.8. The predicted octanol–water partition coefficient (Wildman–Crippen LogP) is 1.92. The van der Waals surface area contributed by atoms with E-state index in [0.29, 0.717) is 22.8 Å². The van der Waals surface area contributed by atoms with Crippen molar-refractivity contribution in [2.75, 3.05) is 0 Å². The highest BCUT2D eigenvalue weighted by atomic mass is 16.4. The van der Waals surface area contributed by atoms with E-state index in [4.69, 9.17) is 9.52 Å². The summed E-state index contributed by atoms with van der Waals surface area (Å²) in [5, 5.41) is 11.6. The number of carboxylic acids is 1. The molecule has 0 aromatic carbocycles. The second-order valence-electron chi connectivity index (χ2n) is 4.35. The van der Waals surface area contributed by atoms with Crippen LogP contribution in [0.5, 0.6) is 0 Å². The fourth-order valence-corrected chi connectivity index (χ4v) is 1.83. The molecule has 2 aromatic heterocycles. The van der Waals surface area contributed by atoms with Crippen LogP contribution in [0.4, 0.5) is 0 Å². The lowest BCUT2D eigenvalue weighted by Gasteiger charge is -2.04. The minimum atomic E-state index is -1.03. The number of furan rings is 1. The molecule has 1 amide bonds. The van der Waals surface area contributed by atoms with Gasteiger partial charge >= 0.3 is 5.97 Å². The van der Waals surface area contributed by atoms with Gasteiger partial charge in [0.2, 0.25) is 0 Å². The summed E-state index contributed by atoms with van der Waals surface area (Å²) in [6, 6.07) is 4.49. The van der Waals surface area contributed by atoms with Crippen molar-refractivity contribution in [3.63, 3.8) is 0 Å². The summed E-state index contributed by atoms with van der Waals surface area (Å²) in [6.07, 6.45) is 1.40. The predicted molar refractivity (Wildman–Crippen MR) is 70.5 cm³/mol. The van der Waals surface area contributed by atoms with Crippen LogP contribution in [0.15, 0.2) is 28.8 Å². The number of carbonyl (C=O) groups excluding carboxylic acids is 1. The molecular formula is C14H14N2O4. The highest BCUT2D eigenvalue weighted by Gasteiger charge is 2.13. The molecule has 2 N–H and O–H groups in total. The van der Waals surface area contributed by atoms with Crippen molar-refractivity contribution in [3.05, 3.63) is 52.7 Å². The van der Waals surface area contributed by atoms with Gasteiger partial charge in [0, 0.05) is 6.20 Å². The van der Waals surface area contributed by atoms with E-state index in [2.05, 4.69) is 10.3 Å². The van der Waals surface area contributed by atoms with E-state index in [0.717, 1.165) is 0 Å². The lowest BCUT2D eigenvalue weighted by Crippen LogP contribution is -2.23. The lowest BCUT2D eigenvalue weighted by atomic mass is 10.2. The van der Waals surface area contributed by atoms with Crippen LogP contribution in [-0.4, -0.2) is 22.0 Å². The third-order valence-electron chi connectivity index (χ3n) is 2.78. The average molecular weight is 274 g/mol. The Bertz CT molecular complexity index is 661. The van der Waals surface area contributed by atoms with Gasteiger partial charge in [-0.05, 0) is 32.0 Å². The zero-order chi connectivity index (χ0) is 14.7. The van der Waals surface area contributed by atoms with E-state index >= 15 is 0 Å².